The van der Waals surface area contributed by atoms with Crippen molar-refractivity contribution in [1.29, 1.82) is 0 Å². The van der Waals surface area contributed by atoms with E-state index in [1.54, 1.807) is 7.11 Å². The molecule has 19 heavy (non-hydrogen) atoms. The molecule has 0 bridgehead atoms. The van der Waals surface area contributed by atoms with Crippen molar-refractivity contribution in [3.8, 4) is 5.75 Å². The molecule has 0 radical (unpaired) electrons. The van der Waals surface area contributed by atoms with E-state index in [0.717, 1.165) is 4.47 Å². The molecule has 1 N–H and O–H groups in total. The Kier molecular flexibility index (Phi) is 6.87. The highest BCUT2D eigenvalue weighted by Gasteiger charge is 2.07. The van der Waals surface area contributed by atoms with Crippen LogP contribution in [0.4, 0.5) is 0 Å². The maximum absolute atomic E-state index is 11.5. The fraction of sp³-hybridized carbons (Fsp3) is 0.500. The van der Waals surface area contributed by atoms with Gasteiger partial charge in [0.2, 0.25) is 0 Å². The molecule has 0 fully saturated rings. The van der Waals surface area contributed by atoms with Gasteiger partial charge in [0, 0.05) is 13.7 Å². The maximum atomic E-state index is 11.5. The average molecular weight is 330 g/mol. The normalized spacial score (nSPS) is 10.6. The summed E-state index contributed by atoms with van der Waals surface area (Å²) in [6.07, 6.45) is 0. The predicted molar refractivity (Wildman–Crippen MR) is 78.6 cm³/mol. The molecule has 1 aromatic rings. The summed E-state index contributed by atoms with van der Waals surface area (Å²) in [5, 5.41) is 2.70. The molecule has 0 aromatic heterocycles. The largest absolute Gasteiger partial charge is 0.483 e. The summed E-state index contributed by atoms with van der Waals surface area (Å²) in [6.45, 7) is 5.26. The number of carbonyl (C=O) groups is 1. The lowest BCUT2D eigenvalue weighted by molar-refractivity contribution is -0.123. The first kappa shape index (κ1) is 16.0. The third-order valence-electron chi connectivity index (χ3n) is 2.61. The Morgan fingerprint density at radius 1 is 1.42 bits per heavy atom. The number of rotatable bonds is 7. The number of hydrogen-bond acceptors (Lipinski definition) is 3. The van der Waals surface area contributed by atoms with Crippen LogP contribution in [0.3, 0.4) is 0 Å². The average Bonchev–Trinajstić information content (AvgIpc) is 2.37. The van der Waals surface area contributed by atoms with Crippen molar-refractivity contribution in [2.45, 2.75) is 19.8 Å². The molecule has 1 aromatic carbocycles. The van der Waals surface area contributed by atoms with Crippen molar-refractivity contribution < 1.29 is 14.3 Å². The molecule has 0 saturated carbocycles. The van der Waals surface area contributed by atoms with Crippen LogP contribution in [0.1, 0.15) is 25.3 Å². The Bertz CT molecular complexity index is 421. The van der Waals surface area contributed by atoms with Crippen LogP contribution in [-0.4, -0.2) is 32.8 Å². The number of carbonyl (C=O) groups excluding carboxylic acids is 1. The van der Waals surface area contributed by atoms with Gasteiger partial charge in [0.25, 0.3) is 5.91 Å². The van der Waals surface area contributed by atoms with Gasteiger partial charge in [-0.2, -0.15) is 0 Å². The lowest BCUT2D eigenvalue weighted by Gasteiger charge is -2.11. The van der Waals surface area contributed by atoms with E-state index in [1.165, 1.54) is 5.56 Å². The Labute approximate surface area is 122 Å². The fourth-order valence-electron chi connectivity index (χ4n) is 1.48. The van der Waals surface area contributed by atoms with Gasteiger partial charge in [-0.1, -0.05) is 19.9 Å². The Hall–Kier alpha value is -1.07. The van der Waals surface area contributed by atoms with E-state index in [-0.39, 0.29) is 12.5 Å². The quantitative estimate of drug-likeness (QED) is 0.782. The van der Waals surface area contributed by atoms with Crippen molar-refractivity contribution in [1.82, 2.24) is 5.32 Å². The first-order chi connectivity index (χ1) is 9.04. The van der Waals surface area contributed by atoms with Gasteiger partial charge in [-0.3, -0.25) is 4.79 Å². The zero-order valence-corrected chi connectivity index (χ0v) is 13.1. The maximum Gasteiger partial charge on any atom is 0.258 e. The van der Waals surface area contributed by atoms with Gasteiger partial charge in [-0.25, -0.2) is 0 Å². The van der Waals surface area contributed by atoms with Crippen LogP contribution >= 0.6 is 15.9 Å². The van der Waals surface area contributed by atoms with Gasteiger partial charge in [0.1, 0.15) is 5.75 Å². The molecule has 1 amide bonds. The van der Waals surface area contributed by atoms with Gasteiger partial charge in [-0.05, 0) is 39.5 Å². The second kappa shape index (κ2) is 8.17. The molecule has 0 unspecified atom stereocenters. The molecule has 0 aliphatic carbocycles. The van der Waals surface area contributed by atoms with Crippen LogP contribution in [0.25, 0.3) is 0 Å². The van der Waals surface area contributed by atoms with Crippen molar-refractivity contribution >= 4 is 21.8 Å². The fourth-order valence-corrected chi connectivity index (χ4v) is 1.99. The molecule has 1 rings (SSSR count). The Balaban J connectivity index is 2.47. The first-order valence-corrected chi connectivity index (χ1v) is 7.01. The molecule has 4 nitrogen and oxygen atoms in total. The number of methoxy groups -OCH3 is 1. The molecule has 0 heterocycles. The molecule has 0 aliphatic rings. The van der Waals surface area contributed by atoms with Gasteiger partial charge < -0.3 is 14.8 Å². The third-order valence-corrected chi connectivity index (χ3v) is 3.23. The number of halogens is 1. The lowest BCUT2D eigenvalue weighted by Crippen LogP contribution is -2.31. The third kappa shape index (κ3) is 5.61. The zero-order chi connectivity index (χ0) is 14.3. The Morgan fingerprint density at radius 2 is 2.16 bits per heavy atom. The number of hydrogen-bond donors (Lipinski definition) is 1. The topological polar surface area (TPSA) is 47.6 Å². The van der Waals surface area contributed by atoms with E-state index < -0.39 is 0 Å². The number of benzene rings is 1. The van der Waals surface area contributed by atoms with Crippen LogP contribution in [0.15, 0.2) is 22.7 Å². The van der Waals surface area contributed by atoms with E-state index >= 15 is 0 Å². The molecule has 0 atom stereocenters. The van der Waals surface area contributed by atoms with E-state index in [2.05, 4.69) is 35.1 Å². The van der Waals surface area contributed by atoms with Gasteiger partial charge in [0.05, 0.1) is 11.1 Å². The van der Waals surface area contributed by atoms with Crippen molar-refractivity contribution in [3.05, 3.63) is 28.2 Å². The molecule has 0 spiro atoms. The summed E-state index contributed by atoms with van der Waals surface area (Å²) in [6, 6.07) is 5.90. The molecular formula is C14H20BrNO3. The molecule has 0 saturated heterocycles. The first-order valence-electron chi connectivity index (χ1n) is 6.22. The van der Waals surface area contributed by atoms with E-state index in [0.29, 0.717) is 24.8 Å². The summed E-state index contributed by atoms with van der Waals surface area (Å²) in [4.78, 5) is 11.5. The van der Waals surface area contributed by atoms with Gasteiger partial charge >= 0.3 is 0 Å². The standard InChI is InChI=1S/C14H20BrNO3/c1-10(2)11-4-5-13(12(15)8-11)19-9-14(17)16-6-7-18-3/h4-5,8,10H,6-7,9H2,1-3H3,(H,16,17). The molecule has 0 aliphatic heterocycles. The van der Waals surface area contributed by atoms with Gasteiger partial charge in [0.15, 0.2) is 6.61 Å². The van der Waals surface area contributed by atoms with Crippen LogP contribution < -0.4 is 10.1 Å². The minimum Gasteiger partial charge on any atom is -0.483 e. The molecule has 106 valence electrons. The highest BCUT2D eigenvalue weighted by Crippen LogP contribution is 2.28. The number of ether oxygens (including phenoxy) is 2. The SMILES string of the molecule is COCCNC(=O)COc1ccc(C(C)C)cc1Br. The van der Waals surface area contributed by atoms with E-state index in [4.69, 9.17) is 9.47 Å². The lowest BCUT2D eigenvalue weighted by atomic mass is 10.0. The smallest absolute Gasteiger partial charge is 0.258 e. The van der Waals surface area contributed by atoms with E-state index in [9.17, 15) is 4.79 Å². The van der Waals surface area contributed by atoms with Crippen LogP contribution in [0.2, 0.25) is 0 Å². The van der Waals surface area contributed by atoms with Crippen LogP contribution in [-0.2, 0) is 9.53 Å². The molecule has 5 heteroatoms. The van der Waals surface area contributed by atoms with Crippen molar-refractivity contribution in [2.24, 2.45) is 0 Å². The summed E-state index contributed by atoms with van der Waals surface area (Å²) in [7, 11) is 1.59. The highest BCUT2D eigenvalue weighted by atomic mass is 79.9. The second-order valence-electron chi connectivity index (χ2n) is 4.48. The second-order valence-corrected chi connectivity index (χ2v) is 5.33. The zero-order valence-electron chi connectivity index (χ0n) is 11.5. The van der Waals surface area contributed by atoms with Gasteiger partial charge in [-0.15, -0.1) is 0 Å². The molecular weight excluding hydrogens is 310 g/mol. The van der Waals surface area contributed by atoms with Crippen LogP contribution in [0, 0.1) is 0 Å². The number of nitrogens with one attached hydrogen (secondary N) is 1. The van der Waals surface area contributed by atoms with Crippen LogP contribution in [0.5, 0.6) is 5.75 Å². The number of amides is 1. The summed E-state index contributed by atoms with van der Waals surface area (Å²) < 4.78 is 11.2. The monoisotopic (exact) mass is 329 g/mol. The summed E-state index contributed by atoms with van der Waals surface area (Å²) in [5.74, 6) is 0.978. The predicted octanol–water partition coefficient (Wildman–Crippen LogP) is 2.71. The van der Waals surface area contributed by atoms with Crippen molar-refractivity contribution in [2.75, 3.05) is 26.9 Å². The summed E-state index contributed by atoms with van der Waals surface area (Å²) in [5.41, 5.74) is 1.23. The Morgan fingerprint density at radius 3 is 2.74 bits per heavy atom. The minimum absolute atomic E-state index is 0.00331. The summed E-state index contributed by atoms with van der Waals surface area (Å²) >= 11 is 3.45. The minimum atomic E-state index is -0.156. The van der Waals surface area contributed by atoms with E-state index in [1.807, 2.05) is 18.2 Å². The highest BCUT2D eigenvalue weighted by molar-refractivity contribution is 9.10. The van der Waals surface area contributed by atoms with Crippen molar-refractivity contribution in [3.63, 3.8) is 0 Å².